The van der Waals surface area contributed by atoms with Crippen molar-refractivity contribution in [1.29, 1.82) is 0 Å². The van der Waals surface area contributed by atoms with Crippen LogP contribution in [-0.2, 0) is 0 Å². The van der Waals surface area contributed by atoms with Gasteiger partial charge < -0.3 is 30.2 Å². The number of hydrogen-bond acceptors (Lipinski definition) is 8. The zero-order valence-corrected chi connectivity index (χ0v) is 19.0. The van der Waals surface area contributed by atoms with Gasteiger partial charge >= 0.3 is 6.01 Å². The van der Waals surface area contributed by atoms with Crippen LogP contribution in [0.4, 0.5) is 11.4 Å². The zero-order chi connectivity index (χ0) is 23.5. The molecular weight excluding hydrogens is 422 g/mol. The Kier molecular flexibility index (Phi) is 6.27. The van der Waals surface area contributed by atoms with Gasteiger partial charge in [-0.25, -0.2) is 9.97 Å². The number of fused-ring (bicyclic) bond motifs is 2. The van der Waals surface area contributed by atoms with Gasteiger partial charge in [0.1, 0.15) is 0 Å². The smallest absolute Gasteiger partial charge is 0.316 e. The third-order valence-electron chi connectivity index (χ3n) is 4.97. The number of methoxy groups -OCH3 is 1. The minimum Gasteiger partial charge on any atom is -0.490 e. The zero-order valence-electron chi connectivity index (χ0n) is 19.0. The number of carbonyl (C=O) groups is 1. The Labute approximate surface area is 191 Å². The molecular formula is C23H27N7O3. The van der Waals surface area contributed by atoms with Gasteiger partial charge in [0.15, 0.2) is 11.4 Å². The van der Waals surface area contributed by atoms with Gasteiger partial charge in [-0.2, -0.15) is 4.98 Å². The van der Waals surface area contributed by atoms with E-state index in [-0.39, 0.29) is 18.0 Å². The van der Waals surface area contributed by atoms with Gasteiger partial charge in [-0.05, 0) is 32.9 Å². The summed E-state index contributed by atoms with van der Waals surface area (Å²) in [6.45, 7) is 6.76. The summed E-state index contributed by atoms with van der Waals surface area (Å²) < 4.78 is 12.8. The average molecular weight is 450 g/mol. The first kappa shape index (κ1) is 22.3. The van der Waals surface area contributed by atoms with Crippen molar-refractivity contribution in [2.75, 3.05) is 30.9 Å². The number of aryl methyl sites for hydroxylation is 1. The van der Waals surface area contributed by atoms with E-state index in [4.69, 9.17) is 15.2 Å². The highest BCUT2D eigenvalue weighted by Gasteiger charge is 2.17. The predicted octanol–water partition coefficient (Wildman–Crippen LogP) is 3.00. The van der Waals surface area contributed by atoms with E-state index in [0.29, 0.717) is 46.7 Å². The monoisotopic (exact) mass is 449 g/mol. The van der Waals surface area contributed by atoms with Crippen LogP contribution in [0.15, 0.2) is 36.8 Å². The molecule has 0 spiro atoms. The van der Waals surface area contributed by atoms with Gasteiger partial charge in [0, 0.05) is 48.3 Å². The lowest BCUT2D eigenvalue weighted by Crippen LogP contribution is -2.25. The van der Waals surface area contributed by atoms with Crippen molar-refractivity contribution in [1.82, 2.24) is 19.4 Å². The van der Waals surface area contributed by atoms with Gasteiger partial charge in [0.25, 0.3) is 5.91 Å². The molecule has 0 fully saturated rings. The highest BCUT2D eigenvalue weighted by atomic mass is 16.5. The molecule has 3 aromatic heterocycles. The van der Waals surface area contributed by atoms with E-state index < -0.39 is 0 Å². The molecule has 1 aromatic carbocycles. The van der Waals surface area contributed by atoms with Crippen LogP contribution in [0.1, 0.15) is 29.9 Å². The van der Waals surface area contributed by atoms with Crippen LogP contribution in [-0.4, -0.2) is 51.6 Å². The predicted molar refractivity (Wildman–Crippen MR) is 127 cm³/mol. The standard InChI is InChI=1S/C23H27N7O3/c1-5-33-19-8-15(12-30-11-14(3)27-21(19)30)28-22(31)16-6-7-18(25-9-13(2)24)17-10-26-23(32-4)29-20(16)17/h6-8,10-13,25H,5,9,24H2,1-4H3,(H,28,31)/t13-/m0/s1. The first-order chi connectivity index (χ1) is 15.9. The van der Waals surface area contributed by atoms with Gasteiger partial charge in [0.2, 0.25) is 0 Å². The molecule has 0 unspecified atom stereocenters. The summed E-state index contributed by atoms with van der Waals surface area (Å²) >= 11 is 0. The fourth-order valence-electron chi connectivity index (χ4n) is 3.53. The summed E-state index contributed by atoms with van der Waals surface area (Å²) in [5.74, 6) is 0.269. The number of anilines is 2. The Bertz CT molecular complexity index is 1320. The summed E-state index contributed by atoms with van der Waals surface area (Å²) in [6.07, 6.45) is 5.31. The molecule has 1 amide bonds. The van der Waals surface area contributed by atoms with E-state index in [0.717, 1.165) is 11.4 Å². The number of aromatic nitrogens is 4. The van der Waals surface area contributed by atoms with Crippen LogP contribution in [0.25, 0.3) is 16.6 Å². The second-order valence-corrected chi connectivity index (χ2v) is 7.73. The van der Waals surface area contributed by atoms with E-state index in [2.05, 4.69) is 25.6 Å². The number of carbonyl (C=O) groups excluding carboxylic acids is 1. The van der Waals surface area contributed by atoms with Gasteiger partial charge in [0.05, 0.1) is 36.2 Å². The first-order valence-electron chi connectivity index (χ1n) is 10.7. The molecule has 0 aliphatic rings. The lowest BCUT2D eigenvalue weighted by molar-refractivity contribution is 0.102. The summed E-state index contributed by atoms with van der Waals surface area (Å²) in [4.78, 5) is 26.4. The number of amides is 1. The lowest BCUT2D eigenvalue weighted by atomic mass is 10.1. The van der Waals surface area contributed by atoms with Gasteiger partial charge in [-0.3, -0.25) is 4.79 Å². The number of nitrogens with one attached hydrogen (secondary N) is 2. The lowest BCUT2D eigenvalue weighted by Gasteiger charge is -2.14. The van der Waals surface area contributed by atoms with Crippen molar-refractivity contribution in [2.24, 2.45) is 5.73 Å². The molecule has 3 heterocycles. The van der Waals surface area contributed by atoms with E-state index in [9.17, 15) is 4.79 Å². The number of nitrogens with zero attached hydrogens (tertiary/aromatic N) is 4. The quantitative estimate of drug-likeness (QED) is 0.374. The molecule has 172 valence electrons. The maximum Gasteiger partial charge on any atom is 0.316 e. The second kappa shape index (κ2) is 9.29. The van der Waals surface area contributed by atoms with Crippen molar-refractivity contribution in [3.05, 3.63) is 48.0 Å². The summed E-state index contributed by atoms with van der Waals surface area (Å²) in [6, 6.07) is 5.44. The Morgan fingerprint density at radius 2 is 2.09 bits per heavy atom. The minimum absolute atomic E-state index is 0.0385. The van der Waals surface area contributed by atoms with Crippen molar-refractivity contribution in [3.63, 3.8) is 0 Å². The highest BCUT2D eigenvalue weighted by Crippen LogP contribution is 2.28. The summed E-state index contributed by atoms with van der Waals surface area (Å²) in [5, 5.41) is 6.92. The molecule has 0 saturated heterocycles. The van der Waals surface area contributed by atoms with E-state index in [1.54, 1.807) is 24.5 Å². The number of hydrogen-bond donors (Lipinski definition) is 3. The molecule has 4 N–H and O–H groups in total. The molecule has 4 aromatic rings. The maximum atomic E-state index is 13.3. The number of benzene rings is 1. The Balaban J connectivity index is 1.73. The van der Waals surface area contributed by atoms with Crippen molar-refractivity contribution in [3.8, 4) is 11.8 Å². The molecule has 1 atom stereocenters. The van der Waals surface area contributed by atoms with E-state index in [1.165, 1.54) is 7.11 Å². The third-order valence-corrected chi connectivity index (χ3v) is 4.97. The van der Waals surface area contributed by atoms with Crippen LogP contribution in [0.3, 0.4) is 0 Å². The van der Waals surface area contributed by atoms with Crippen LogP contribution in [0, 0.1) is 6.92 Å². The average Bonchev–Trinajstić information content (AvgIpc) is 3.17. The molecule has 0 saturated carbocycles. The molecule has 10 nitrogen and oxygen atoms in total. The Morgan fingerprint density at radius 1 is 1.27 bits per heavy atom. The Hall–Kier alpha value is -3.92. The van der Waals surface area contributed by atoms with Crippen LogP contribution in [0.5, 0.6) is 11.8 Å². The number of ether oxygens (including phenoxy) is 2. The van der Waals surface area contributed by atoms with E-state index in [1.807, 2.05) is 37.4 Å². The van der Waals surface area contributed by atoms with E-state index >= 15 is 0 Å². The molecule has 0 aliphatic heterocycles. The normalized spacial score (nSPS) is 12.0. The van der Waals surface area contributed by atoms with Crippen LogP contribution in [0.2, 0.25) is 0 Å². The van der Waals surface area contributed by atoms with Crippen molar-refractivity contribution >= 4 is 33.8 Å². The Morgan fingerprint density at radius 3 is 2.82 bits per heavy atom. The number of rotatable bonds is 8. The number of imidazole rings is 1. The minimum atomic E-state index is -0.321. The summed E-state index contributed by atoms with van der Waals surface area (Å²) in [7, 11) is 1.48. The largest absolute Gasteiger partial charge is 0.490 e. The number of pyridine rings is 1. The molecule has 0 bridgehead atoms. The third kappa shape index (κ3) is 4.65. The van der Waals surface area contributed by atoms with Crippen LogP contribution < -0.4 is 25.8 Å². The molecule has 10 heteroatoms. The number of nitrogens with two attached hydrogens (primary N) is 1. The molecule has 0 aliphatic carbocycles. The topological polar surface area (TPSA) is 129 Å². The summed E-state index contributed by atoms with van der Waals surface area (Å²) in [5.41, 5.74) is 9.63. The highest BCUT2D eigenvalue weighted by molar-refractivity contribution is 6.13. The van der Waals surface area contributed by atoms with Crippen molar-refractivity contribution in [2.45, 2.75) is 26.8 Å². The fraction of sp³-hybridized carbons (Fsp3) is 0.304. The molecule has 33 heavy (non-hydrogen) atoms. The van der Waals surface area contributed by atoms with Crippen molar-refractivity contribution < 1.29 is 14.3 Å². The molecule has 0 radical (unpaired) electrons. The van der Waals surface area contributed by atoms with Crippen LogP contribution >= 0.6 is 0 Å². The van der Waals surface area contributed by atoms with Gasteiger partial charge in [-0.15, -0.1) is 0 Å². The second-order valence-electron chi connectivity index (χ2n) is 7.73. The fourth-order valence-corrected chi connectivity index (χ4v) is 3.53. The maximum absolute atomic E-state index is 13.3. The SMILES string of the molecule is CCOc1cc(NC(=O)c2ccc(NC[C@H](C)N)c3cnc(OC)nc23)cn2cc(C)nc12. The first-order valence-corrected chi connectivity index (χ1v) is 10.7. The molecule has 4 rings (SSSR count). The van der Waals surface area contributed by atoms with Gasteiger partial charge in [-0.1, -0.05) is 0 Å².